The smallest absolute Gasteiger partial charge is 0.416 e. The molecule has 1 saturated heterocycles. The number of rotatable bonds is 11. The molecule has 0 radical (unpaired) electrons. The Kier molecular flexibility index (Phi) is 11.3. The molecule has 0 aliphatic carbocycles. The summed E-state index contributed by atoms with van der Waals surface area (Å²) in [4.78, 5) is 62.1. The number of unbranched alkanes of at least 4 members (excludes halogenated alkanes) is 1. The molecule has 1 N–H and O–H groups in total. The van der Waals surface area contributed by atoms with E-state index in [-0.39, 0.29) is 39.1 Å². The number of nitrogens with one attached hydrogen (secondary N) is 1. The number of amides is 3. The lowest BCUT2D eigenvalue weighted by Crippen LogP contribution is -2.36. The van der Waals surface area contributed by atoms with Crippen LogP contribution in [0.4, 0.5) is 29.3 Å². The van der Waals surface area contributed by atoms with Crippen LogP contribution in [0.5, 0.6) is 11.5 Å². The molecule has 0 aromatic heterocycles. The number of nitro benzene ring substituents is 1. The number of halogens is 5. The maximum atomic E-state index is 13.2. The highest BCUT2D eigenvalue weighted by Gasteiger charge is 2.37. The molecule has 1 aliphatic heterocycles. The van der Waals surface area contributed by atoms with Crippen molar-refractivity contribution in [3.8, 4) is 11.5 Å². The van der Waals surface area contributed by atoms with Crippen molar-refractivity contribution in [2.24, 2.45) is 0 Å². The summed E-state index contributed by atoms with van der Waals surface area (Å²) in [6, 6.07) is 10.2. The normalized spacial score (nSPS) is 14.0. The Morgan fingerprint density at radius 3 is 2.51 bits per heavy atom. The van der Waals surface area contributed by atoms with Crippen LogP contribution >= 0.6 is 39.3 Å². The Balaban J connectivity index is 1.52. The number of benzene rings is 3. The highest BCUT2D eigenvalue weighted by molar-refractivity contribution is 9.10. The number of anilines is 1. The Morgan fingerprint density at radius 2 is 1.83 bits per heavy atom. The average molecular weight is 757 g/mol. The largest absolute Gasteiger partial charge is 0.462 e. The van der Waals surface area contributed by atoms with E-state index in [2.05, 4.69) is 21.2 Å². The predicted octanol–water partition coefficient (Wildman–Crippen LogP) is 8.45. The van der Waals surface area contributed by atoms with E-state index in [0.717, 1.165) is 12.5 Å². The third kappa shape index (κ3) is 8.90. The van der Waals surface area contributed by atoms with Gasteiger partial charge in [-0.3, -0.25) is 29.4 Å². The number of ether oxygens (including phenoxy) is 2. The van der Waals surface area contributed by atoms with Crippen molar-refractivity contribution in [3.63, 3.8) is 0 Å². The van der Waals surface area contributed by atoms with Crippen LogP contribution in [0.25, 0.3) is 6.08 Å². The standard InChI is InChI=1S/C30H22BrClF3N3O8S/c1-2-3-10-45-28(41)20-14-19(6-7-21(20)32)36-26(39)15-37-27(40)25(47-29(37)42)12-16-11-18(31)5-9-23(16)46-24-8-4-17(30(33,34)35)13-22(24)38(43)44/h4-9,11-14H,2-3,10,15H2,1H3,(H,36,39)/b25-12+. The zero-order chi connectivity index (χ0) is 34.5. The first kappa shape index (κ1) is 35.4. The summed E-state index contributed by atoms with van der Waals surface area (Å²) >= 11 is 9.88. The van der Waals surface area contributed by atoms with Gasteiger partial charge < -0.3 is 14.8 Å². The van der Waals surface area contributed by atoms with Gasteiger partial charge in [-0.1, -0.05) is 40.9 Å². The number of thioether (sulfide) groups is 1. The molecule has 0 spiro atoms. The molecule has 11 nitrogen and oxygen atoms in total. The van der Waals surface area contributed by atoms with Crippen LogP contribution in [0.1, 0.15) is 41.3 Å². The lowest BCUT2D eigenvalue weighted by atomic mass is 10.1. The molecule has 1 aliphatic rings. The minimum Gasteiger partial charge on any atom is -0.462 e. The van der Waals surface area contributed by atoms with Crippen molar-refractivity contribution in [2.75, 3.05) is 18.5 Å². The van der Waals surface area contributed by atoms with Gasteiger partial charge in [-0.25, -0.2) is 4.79 Å². The van der Waals surface area contributed by atoms with Crippen LogP contribution in [-0.4, -0.2) is 46.0 Å². The van der Waals surface area contributed by atoms with E-state index in [1.807, 2.05) is 6.92 Å². The molecule has 3 amide bonds. The first-order chi connectivity index (χ1) is 22.2. The molecule has 3 aromatic rings. The summed E-state index contributed by atoms with van der Waals surface area (Å²) in [6.07, 6.45) is -2.12. The highest BCUT2D eigenvalue weighted by atomic mass is 79.9. The molecule has 0 atom stereocenters. The summed E-state index contributed by atoms with van der Waals surface area (Å²) in [5.41, 5.74) is -1.86. The van der Waals surface area contributed by atoms with Gasteiger partial charge in [0.05, 0.1) is 32.6 Å². The lowest BCUT2D eigenvalue weighted by molar-refractivity contribution is -0.385. The Hall–Kier alpha value is -4.41. The topological polar surface area (TPSA) is 145 Å². The Bertz CT molecular complexity index is 1800. The van der Waals surface area contributed by atoms with Gasteiger partial charge in [0, 0.05) is 21.8 Å². The molecule has 17 heteroatoms. The van der Waals surface area contributed by atoms with E-state index in [0.29, 0.717) is 39.7 Å². The van der Waals surface area contributed by atoms with Crippen molar-refractivity contribution in [1.29, 1.82) is 0 Å². The maximum Gasteiger partial charge on any atom is 0.416 e. The Morgan fingerprint density at radius 1 is 1.11 bits per heavy atom. The lowest BCUT2D eigenvalue weighted by Gasteiger charge is -2.14. The summed E-state index contributed by atoms with van der Waals surface area (Å²) < 4.78 is 50.7. The van der Waals surface area contributed by atoms with Gasteiger partial charge in [0.25, 0.3) is 11.1 Å². The second-order valence-electron chi connectivity index (χ2n) is 9.72. The molecular formula is C30H22BrClF3N3O8S. The third-order valence-corrected chi connectivity index (χ3v) is 8.07. The van der Waals surface area contributed by atoms with Gasteiger partial charge in [0.2, 0.25) is 11.7 Å². The molecule has 4 rings (SSSR count). The van der Waals surface area contributed by atoms with Gasteiger partial charge in [0.1, 0.15) is 12.3 Å². The molecule has 1 heterocycles. The molecule has 0 unspecified atom stereocenters. The number of carbonyl (C=O) groups is 4. The van der Waals surface area contributed by atoms with E-state index >= 15 is 0 Å². The molecular weight excluding hydrogens is 735 g/mol. The van der Waals surface area contributed by atoms with Crippen LogP contribution < -0.4 is 10.1 Å². The number of nitro groups is 1. The number of alkyl halides is 3. The van der Waals surface area contributed by atoms with Crippen molar-refractivity contribution >= 4 is 79.8 Å². The number of hydrogen-bond donors (Lipinski definition) is 1. The Labute approximate surface area is 282 Å². The molecule has 246 valence electrons. The second kappa shape index (κ2) is 15.0. The average Bonchev–Trinajstić information content (AvgIpc) is 3.26. The molecule has 1 fully saturated rings. The van der Waals surface area contributed by atoms with E-state index in [1.165, 1.54) is 42.5 Å². The molecule has 0 saturated carbocycles. The van der Waals surface area contributed by atoms with Crippen molar-refractivity contribution in [1.82, 2.24) is 4.90 Å². The van der Waals surface area contributed by atoms with Crippen LogP contribution in [0.3, 0.4) is 0 Å². The van der Waals surface area contributed by atoms with Gasteiger partial charge in [-0.15, -0.1) is 0 Å². The van der Waals surface area contributed by atoms with Gasteiger partial charge in [-0.2, -0.15) is 13.2 Å². The number of carbonyl (C=O) groups excluding carboxylic acids is 4. The van der Waals surface area contributed by atoms with Crippen LogP contribution in [0.15, 0.2) is 64.0 Å². The first-order valence-corrected chi connectivity index (χ1v) is 15.5. The fourth-order valence-electron chi connectivity index (χ4n) is 4.03. The first-order valence-electron chi connectivity index (χ1n) is 13.5. The zero-order valence-electron chi connectivity index (χ0n) is 24.1. The highest BCUT2D eigenvalue weighted by Crippen LogP contribution is 2.40. The summed E-state index contributed by atoms with van der Waals surface area (Å²) in [5.74, 6) is -2.85. The minimum atomic E-state index is -4.83. The van der Waals surface area contributed by atoms with Crippen LogP contribution in [-0.2, 0) is 20.5 Å². The van der Waals surface area contributed by atoms with E-state index in [9.17, 15) is 42.5 Å². The van der Waals surface area contributed by atoms with E-state index in [4.69, 9.17) is 21.1 Å². The number of hydrogen-bond acceptors (Lipinski definition) is 9. The summed E-state index contributed by atoms with van der Waals surface area (Å²) in [6.45, 7) is 1.44. The van der Waals surface area contributed by atoms with E-state index < -0.39 is 57.7 Å². The van der Waals surface area contributed by atoms with Gasteiger partial charge in [-0.05, 0) is 72.8 Å². The monoisotopic (exact) mass is 755 g/mol. The SMILES string of the molecule is CCCCOC(=O)c1cc(NC(=O)CN2C(=O)S/C(=C/c3cc(Br)ccc3Oc3ccc(C(F)(F)F)cc3[N+](=O)[O-])C2=O)ccc1Cl. The van der Waals surface area contributed by atoms with Crippen molar-refractivity contribution < 1.29 is 46.7 Å². The fraction of sp³-hybridized carbons (Fsp3) is 0.200. The van der Waals surface area contributed by atoms with Gasteiger partial charge in [0.15, 0.2) is 0 Å². The number of esters is 1. The minimum absolute atomic E-state index is 0.0170. The second-order valence-corrected chi connectivity index (χ2v) is 12.0. The van der Waals surface area contributed by atoms with Crippen LogP contribution in [0.2, 0.25) is 5.02 Å². The van der Waals surface area contributed by atoms with E-state index in [1.54, 1.807) is 0 Å². The van der Waals surface area contributed by atoms with Crippen molar-refractivity contribution in [2.45, 2.75) is 25.9 Å². The quantitative estimate of drug-likeness (QED) is 0.0670. The number of imide groups is 1. The summed E-state index contributed by atoms with van der Waals surface area (Å²) in [5, 5.41) is 13.4. The van der Waals surface area contributed by atoms with Gasteiger partial charge >= 0.3 is 17.8 Å². The molecule has 0 bridgehead atoms. The maximum absolute atomic E-state index is 13.2. The van der Waals surface area contributed by atoms with Crippen molar-refractivity contribution in [3.05, 3.63) is 95.8 Å². The van der Waals surface area contributed by atoms with Crippen LogP contribution in [0, 0.1) is 10.1 Å². The molecule has 3 aromatic carbocycles. The molecule has 47 heavy (non-hydrogen) atoms. The third-order valence-electron chi connectivity index (χ3n) is 6.34. The predicted molar refractivity (Wildman–Crippen MR) is 170 cm³/mol. The summed E-state index contributed by atoms with van der Waals surface area (Å²) in [7, 11) is 0. The number of nitrogens with zero attached hydrogens (tertiary/aromatic N) is 2. The fourth-order valence-corrected chi connectivity index (χ4v) is 5.44. The zero-order valence-corrected chi connectivity index (χ0v) is 27.2.